The Hall–Kier alpha value is -2.03. The molecule has 0 atom stereocenters. The van der Waals surface area contributed by atoms with Gasteiger partial charge in [0.15, 0.2) is 5.78 Å². The van der Waals surface area contributed by atoms with Crippen molar-refractivity contribution in [3.8, 4) is 0 Å². The zero-order valence-corrected chi connectivity index (χ0v) is 7.85. The number of halogens is 1. The van der Waals surface area contributed by atoms with Crippen LogP contribution >= 0.6 is 0 Å². The lowest BCUT2D eigenvalue weighted by Gasteiger charge is -1.99. The second-order valence-electron chi connectivity index (χ2n) is 3.09. The highest BCUT2D eigenvalue weighted by Gasteiger charge is 2.08. The molecule has 3 heteroatoms. The van der Waals surface area contributed by atoms with Crippen LogP contribution in [0.4, 0.5) is 4.39 Å². The Morgan fingerprint density at radius 1 is 1.07 bits per heavy atom. The molecule has 0 aliphatic rings. The van der Waals surface area contributed by atoms with Crippen LogP contribution in [-0.2, 0) is 0 Å². The highest BCUT2D eigenvalue weighted by atomic mass is 19.1. The maximum absolute atomic E-state index is 12.8. The van der Waals surface area contributed by atoms with Crippen LogP contribution < -0.4 is 0 Å². The predicted octanol–water partition coefficient (Wildman–Crippen LogP) is 2.45. The molecule has 0 unspecified atom stereocenters. The summed E-state index contributed by atoms with van der Waals surface area (Å²) in [6.07, 6.45) is 2.43. The number of pyridine rings is 1. The third kappa shape index (κ3) is 2.07. The van der Waals surface area contributed by atoms with E-state index in [-0.39, 0.29) is 11.3 Å². The highest BCUT2D eigenvalue weighted by molar-refractivity contribution is 6.08. The van der Waals surface area contributed by atoms with Gasteiger partial charge in [0.05, 0.1) is 6.20 Å². The van der Waals surface area contributed by atoms with Crippen LogP contribution in [-0.4, -0.2) is 10.8 Å². The van der Waals surface area contributed by atoms with Crippen molar-refractivity contribution in [3.05, 3.63) is 65.7 Å². The molecule has 2 aromatic rings. The molecule has 1 heterocycles. The van der Waals surface area contributed by atoms with Crippen molar-refractivity contribution in [2.45, 2.75) is 0 Å². The molecule has 0 fully saturated rings. The zero-order chi connectivity index (χ0) is 10.7. The molecule has 0 radical (unpaired) electrons. The third-order valence-electron chi connectivity index (χ3n) is 2.00. The molecule has 15 heavy (non-hydrogen) atoms. The fraction of sp³-hybridized carbons (Fsp3) is 0. The standard InChI is InChI=1S/C12H8FNO/c13-11-6-10(7-14-8-11)12(15)9-4-2-1-3-5-9/h1-8H. The molecule has 0 N–H and O–H groups in total. The van der Waals surface area contributed by atoms with E-state index in [0.29, 0.717) is 5.56 Å². The van der Waals surface area contributed by atoms with E-state index in [0.717, 1.165) is 6.20 Å². The molecule has 0 aliphatic heterocycles. The van der Waals surface area contributed by atoms with Crippen LogP contribution in [0.15, 0.2) is 48.8 Å². The van der Waals surface area contributed by atoms with E-state index in [1.165, 1.54) is 12.3 Å². The Morgan fingerprint density at radius 2 is 1.80 bits per heavy atom. The average molecular weight is 201 g/mol. The zero-order valence-electron chi connectivity index (χ0n) is 7.85. The largest absolute Gasteiger partial charge is 0.289 e. The number of carbonyl (C=O) groups is 1. The van der Waals surface area contributed by atoms with Crippen LogP contribution in [0.3, 0.4) is 0 Å². The van der Waals surface area contributed by atoms with Crippen molar-refractivity contribution >= 4 is 5.78 Å². The second-order valence-corrected chi connectivity index (χ2v) is 3.09. The number of hydrogen-bond acceptors (Lipinski definition) is 2. The fourth-order valence-electron chi connectivity index (χ4n) is 1.29. The summed E-state index contributed by atoms with van der Waals surface area (Å²) >= 11 is 0. The topological polar surface area (TPSA) is 30.0 Å². The molecule has 0 aliphatic carbocycles. The van der Waals surface area contributed by atoms with Crippen LogP contribution in [0.2, 0.25) is 0 Å². The van der Waals surface area contributed by atoms with Gasteiger partial charge in [0.25, 0.3) is 0 Å². The maximum Gasteiger partial charge on any atom is 0.194 e. The SMILES string of the molecule is O=C(c1ccccc1)c1cncc(F)c1. The van der Waals surface area contributed by atoms with Crippen LogP contribution in [0.1, 0.15) is 15.9 Å². The smallest absolute Gasteiger partial charge is 0.194 e. The summed E-state index contributed by atoms with van der Waals surface area (Å²) in [5.74, 6) is -0.723. The first kappa shape index (κ1) is 9.52. The van der Waals surface area contributed by atoms with Gasteiger partial charge in [0.1, 0.15) is 5.82 Å². The molecular weight excluding hydrogens is 193 g/mol. The summed E-state index contributed by atoms with van der Waals surface area (Å²) < 4.78 is 12.8. The fourth-order valence-corrected chi connectivity index (χ4v) is 1.29. The number of carbonyl (C=O) groups excluding carboxylic acids is 1. The van der Waals surface area contributed by atoms with Gasteiger partial charge < -0.3 is 0 Å². The van der Waals surface area contributed by atoms with Gasteiger partial charge in [-0.15, -0.1) is 0 Å². The molecule has 2 nitrogen and oxygen atoms in total. The minimum atomic E-state index is -0.503. The Balaban J connectivity index is 2.37. The Bertz CT molecular complexity index is 482. The van der Waals surface area contributed by atoms with Gasteiger partial charge in [0.2, 0.25) is 0 Å². The highest BCUT2D eigenvalue weighted by Crippen LogP contribution is 2.09. The van der Waals surface area contributed by atoms with Crippen molar-refractivity contribution in [2.24, 2.45) is 0 Å². The number of benzene rings is 1. The number of rotatable bonds is 2. The van der Waals surface area contributed by atoms with Crippen molar-refractivity contribution in [2.75, 3.05) is 0 Å². The second kappa shape index (κ2) is 4.00. The molecule has 0 spiro atoms. The summed E-state index contributed by atoms with van der Waals surface area (Å²) in [6, 6.07) is 9.91. The van der Waals surface area contributed by atoms with Gasteiger partial charge in [-0.3, -0.25) is 9.78 Å². The monoisotopic (exact) mass is 201 g/mol. The van der Waals surface area contributed by atoms with Crippen molar-refractivity contribution < 1.29 is 9.18 Å². The molecular formula is C12H8FNO. The third-order valence-corrected chi connectivity index (χ3v) is 2.00. The number of nitrogens with zero attached hydrogens (tertiary/aromatic N) is 1. The maximum atomic E-state index is 12.8. The number of hydrogen-bond donors (Lipinski definition) is 0. The summed E-state index contributed by atoms with van der Waals surface area (Å²) in [5.41, 5.74) is 0.797. The summed E-state index contributed by atoms with van der Waals surface area (Å²) in [6.45, 7) is 0. The summed E-state index contributed by atoms with van der Waals surface area (Å²) in [7, 11) is 0. The molecule has 1 aromatic carbocycles. The van der Waals surface area contributed by atoms with E-state index in [9.17, 15) is 9.18 Å². The van der Waals surface area contributed by atoms with E-state index in [4.69, 9.17) is 0 Å². The quantitative estimate of drug-likeness (QED) is 0.698. The first-order chi connectivity index (χ1) is 7.27. The lowest BCUT2D eigenvalue weighted by molar-refractivity contribution is 0.103. The lowest BCUT2D eigenvalue weighted by Crippen LogP contribution is -2.01. The summed E-state index contributed by atoms with van der Waals surface area (Å²) in [5, 5.41) is 0. The average Bonchev–Trinajstić information content (AvgIpc) is 2.29. The first-order valence-corrected chi connectivity index (χ1v) is 4.47. The van der Waals surface area contributed by atoms with Gasteiger partial charge >= 0.3 is 0 Å². The van der Waals surface area contributed by atoms with E-state index in [1.807, 2.05) is 6.07 Å². The van der Waals surface area contributed by atoms with Crippen molar-refractivity contribution in [1.82, 2.24) is 4.98 Å². The van der Waals surface area contributed by atoms with Gasteiger partial charge in [-0.1, -0.05) is 30.3 Å². The lowest BCUT2D eigenvalue weighted by atomic mass is 10.1. The van der Waals surface area contributed by atoms with Crippen LogP contribution in [0, 0.1) is 5.82 Å². The number of aromatic nitrogens is 1. The first-order valence-electron chi connectivity index (χ1n) is 4.47. The normalized spacial score (nSPS) is 9.93. The van der Waals surface area contributed by atoms with Gasteiger partial charge in [0, 0.05) is 17.3 Å². The van der Waals surface area contributed by atoms with Crippen LogP contribution in [0.5, 0.6) is 0 Å². The molecule has 0 amide bonds. The molecule has 0 saturated heterocycles. The van der Waals surface area contributed by atoms with Gasteiger partial charge in [-0.2, -0.15) is 0 Å². The van der Waals surface area contributed by atoms with E-state index < -0.39 is 5.82 Å². The summed E-state index contributed by atoms with van der Waals surface area (Å²) in [4.78, 5) is 15.4. The van der Waals surface area contributed by atoms with Crippen LogP contribution in [0.25, 0.3) is 0 Å². The molecule has 0 bridgehead atoms. The van der Waals surface area contributed by atoms with E-state index in [1.54, 1.807) is 24.3 Å². The van der Waals surface area contributed by atoms with Gasteiger partial charge in [-0.25, -0.2) is 4.39 Å². The Morgan fingerprint density at radius 3 is 2.47 bits per heavy atom. The minimum Gasteiger partial charge on any atom is -0.289 e. The molecule has 0 saturated carbocycles. The van der Waals surface area contributed by atoms with Gasteiger partial charge in [-0.05, 0) is 6.07 Å². The molecule has 74 valence electrons. The van der Waals surface area contributed by atoms with Crippen molar-refractivity contribution in [1.29, 1.82) is 0 Å². The van der Waals surface area contributed by atoms with Crippen molar-refractivity contribution in [3.63, 3.8) is 0 Å². The Labute approximate surface area is 86.4 Å². The van der Waals surface area contributed by atoms with E-state index >= 15 is 0 Å². The predicted molar refractivity (Wildman–Crippen MR) is 54.1 cm³/mol. The molecule has 1 aromatic heterocycles. The molecule has 2 rings (SSSR count). The Kier molecular flexibility index (Phi) is 2.54. The number of ketones is 1. The van der Waals surface area contributed by atoms with E-state index in [2.05, 4.69) is 4.98 Å². The minimum absolute atomic E-state index is 0.220.